The van der Waals surface area contributed by atoms with Crippen molar-refractivity contribution in [2.45, 2.75) is 0 Å². The first-order valence-corrected chi connectivity index (χ1v) is 5.39. The lowest BCUT2D eigenvalue weighted by molar-refractivity contribution is 0.412. The van der Waals surface area contributed by atoms with Gasteiger partial charge in [-0.2, -0.15) is 5.26 Å². The summed E-state index contributed by atoms with van der Waals surface area (Å²) < 4.78 is 0.932. The SMILES string of the molecule is CN(C)CN(C)c1ccc(Br)cc1C#N. The van der Waals surface area contributed by atoms with Gasteiger partial charge in [-0.3, -0.25) is 4.90 Å². The van der Waals surface area contributed by atoms with Crippen LogP contribution >= 0.6 is 15.9 Å². The van der Waals surface area contributed by atoms with Crippen LogP contribution in [0.25, 0.3) is 0 Å². The summed E-state index contributed by atoms with van der Waals surface area (Å²) in [5.74, 6) is 0. The van der Waals surface area contributed by atoms with Gasteiger partial charge in [0.05, 0.1) is 17.9 Å². The Balaban J connectivity index is 2.99. The van der Waals surface area contributed by atoms with Crippen LogP contribution in [0, 0.1) is 11.3 Å². The Morgan fingerprint density at radius 3 is 2.53 bits per heavy atom. The van der Waals surface area contributed by atoms with Crippen molar-refractivity contribution in [1.29, 1.82) is 5.26 Å². The Hall–Kier alpha value is -1.05. The van der Waals surface area contributed by atoms with Crippen molar-refractivity contribution in [3.63, 3.8) is 0 Å². The maximum Gasteiger partial charge on any atom is 0.101 e. The Labute approximate surface area is 99.0 Å². The van der Waals surface area contributed by atoms with E-state index in [9.17, 15) is 0 Å². The van der Waals surface area contributed by atoms with E-state index in [4.69, 9.17) is 5.26 Å². The molecule has 0 unspecified atom stereocenters. The molecule has 0 fully saturated rings. The molecule has 0 aliphatic carbocycles. The standard InChI is InChI=1S/C11H14BrN3/c1-14(2)8-15(3)11-5-4-10(12)6-9(11)7-13/h4-6H,8H2,1-3H3. The average molecular weight is 268 g/mol. The van der Waals surface area contributed by atoms with Crippen LogP contribution in [0.1, 0.15) is 5.56 Å². The average Bonchev–Trinajstić information content (AvgIpc) is 2.16. The van der Waals surface area contributed by atoms with Crippen LogP contribution in [0.2, 0.25) is 0 Å². The van der Waals surface area contributed by atoms with Gasteiger partial charge in [-0.25, -0.2) is 0 Å². The van der Waals surface area contributed by atoms with Crippen LogP contribution in [-0.2, 0) is 0 Å². The first kappa shape index (κ1) is 12.0. The fraction of sp³-hybridized carbons (Fsp3) is 0.364. The summed E-state index contributed by atoms with van der Waals surface area (Å²) in [6.07, 6.45) is 0. The predicted molar refractivity (Wildman–Crippen MR) is 65.8 cm³/mol. The minimum Gasteiger partial charge on any atom is -0.361 e. The Bertz CT molecular complexity index is 382. The minimum atomic E-state index is 0.689. The molecule has 0 aliphatic heterocycles. The zero-order chi connectivity index (χ0) is 11.4. The number of rotatable bonds is 3. The summed E-state index contributed by atoms with van der Waals surface area (Å²) in [6, 6.07) is 7.93. The van der Waals surface area contributed by atoms with Crippen molar-refractivity contribution in [2.24, 2.45) is 0 Å². The molecule has 1 aromatic rings. The van der Waals surface area contributed by atoms with E-state index in [0.717, 1.165) is 16.8 Å². The van der Waals surface area contributed by atoms with Crippen molar-refractivity contribution in [1.82, 2.24) is 4.90 Å². The number of benzene rings is 1. The van der Waals surface area contributed by atoms with Crippen LogP contribution in [0.3, 0.4) is 0 Å². The zero-order valence-corrected chi connectivity index (χ0v) is 10.7. The van der Waals surface area contributed by atoms with Crippen molar-refractivity contribution in [2.75, 3.05) is 32.7 Å². The molecule has 0 bridgehead atoms. The fourth-order valence-corrected chi connectivity index (χ4v) is 1.79. The van der Waals surface area contributed by atoms with Crippen LogP contribution in [0.5, 0.6) is 0 Å². The largest absolute Gasteiger partial charge is 0.361 e. The third-order valence-electron chi connectivity index (χ3n) is 1.99. The maximum absolute atomic E-state index is 9.01. The molecular weight excluding hydrogens is 254 g/mol. The van der Waals surface area contributed by atoms with Gasteiger partial charge in [0, 0.05) is 11.5 Å². The van der Waals surface area contributed by atoms with Crippen molar-refractivity contribution < 1.29 is 0 Å². The van der Waals surface area contributed by atoms with Crippen LogP contribution in [-0.4, -0.2) is 32.7 Å². The van der Waals surface area contributed by atoms with E-state index in [1.807, 2.05) is 44.2 Å². The van der Waals surface area contributed by atoms with E-state index in [-0.39, 0.29) is 0 Å². The molecule has 0 radical (unpaired) electrons. The summed E-state index contributed by atoms with van der Waals surface area (Å²) >= 11 is 3.36. The third kappa shape index (κ3) is 3.22. The lowest BCUT2D eigenvalue weighted by Gasteiger charge is -2.24. The van der Waals surface area contributed by atoms with E-state index in [0.29, 0.717) is 5.56 Å². The molecule has 0 saturated heterocycles. The molecule has 0 atom stereocenters. The van der Waals surface area contributed by atoms with Crippen LogP contribution in [0.15, 0.2) is 22.7 Å². The molecule has 0 N–H and O–H groups in total. The number of halogens is 1. The van der Waals surface area contributed by atoms with E-state index >= 15 is 0 Å². The molecular formula is C11H14BrN3. The van der Waals surface area contributed by atoms with Gasteiger partial charge < -0.3 is 4.90 Å². The third-order valence-corrected chi connectivity index (χ3v) is 2.48. The van der Waals surface area contributed by atoms with Gasteiger partial charge in [-0.05, 0) is 32.3 Å². The van der Waals surface area contributed by atoms with Crippen molar-refractivity contribution >= 4 is 21.6 Å². The first-order valence-electron chi connectivity index (χ1n) is 4.60. The van der Waals surface area contributed by atoms with E-state index in [1.165, 1.54) is 0 Å². The Morgan fingerprint density at radius 1 is 1.33 bits per heavy atom. The first-order chi connectivity index (χ1) is 7.04. The van der Waals surface area contributed by atoms with Gasteiger partial charge in [-0.15, -0.1) is 0 Å². The maximum atomic E-state index is 9.01. The van der Waals surface area contributed by atoms with E-state index in [1.54, 1.807) is 0 Å². The summed E-state index contributed by atoms with van der Waals surface area (Å²) in [7, 11) is 5.98. The normalized spacial score (nSPS) is 10.1. The molecule has 0 spiro atoms. The Morgan fingerprint density at radius 2 is 2.00 bits per heavy atom. The molecule has 3 nitrogen and oxygen atoms in total. The second-order valence-corrected chi connectivity index (χ2v) is 4.61. The summed E-state index contributed by atoms with van der Waals surface area (Å²) in [5, 5.41) is 9.01. The van der Waals surface area contributed by atoms with Gasteiger partial charge in [0.25, 0.3) is 0 Å². The highest BCUT2D eigenvalue weighted by Crippen LogP contribution is 2.22. The molecule has 0 saturated carbocycles. The van der Waals surface area contributed by atoms with Crippen molar-refractivity contribution in [3.05, 3.63) is 28.2 Å². The predicted octanol–water partition coefficient (Wildman–Crippen LogP) is 2.28. The quantitative estimate of drug-likeness (QED) is 0.788. The summed E-state index contributed by atoms with van der Waals surface area (Å²) in [5.41, 5.74) is 1.64. The van der Waals surface area contributed by atoms with Gasteiger partial charge in [0.2, 0.25) is 0 Å². The summed E-state index contributed by atoms with van der Waals surface area (Å²) in [6.45, 7) is 0.788. The van der Waals surface area contributed by atoms with E-state index < -0.39 is 0 Å². The highest BCUT2D eigenvalue weighted by molar-refractivity contribution is 9.10. The minimum absolute atomic E-state index is 0.689. The molecule has 4 heteroatoms. The fourth-order valence-electron chi connectivity index (χ4n) is 1.43. The number of hydrogen-bond donors (Lipinski definition) is 0. The Kier molecular flexibility index (Phi) is 4.13. The molecule has 0 aliphatic rings. The molecule has 1 rings (SSSR count). The number of hydrogen-bond acceptors (Lipinski definition) is 3. The van der Waals surface area contributed by atoms with Crippen LogP contribution in [0.4, 0.5) is 5.69 Å². The topological polar surface area (TPSA) is 30.3 Å². The van der Waals surface area contributed by atoms with Gasteiger partial charge in [0.1, 0.15) is 6.07 Å². The molecule has 1 aromatic carbocycles. The second kappa shape index (κ2) is 5.15. The van der Waals surface area contributed by atoms with Gasteiger partial charge in [0.15, 0.2) is 0 Å². The van der Waals surface area contributed by atoms with Gasteiger partial charge >= 0.3 is 0 Å². The number of nitriles is 1. The monoisotopic (exact) mass is 267 g/mol. The van der Waals surface area contributed by atoms with Crippen LogP contribution < -0.4 is 4.90 Å². The smallest absolute Gasteiger partial charge is 0.101 e. The lowest BCUT2D eigenvalue weighted by Crippen LogP contribution is -2.30. The molecule has 0 amide bonds. The molecule has 15 heavy (non-hydrogen) atoms. The second-order valence-electron chi connectivity index (χ2n) is 3.69. The highest BCUT2D eigenvalue weighted by atomic mass is 79.9. The number of nitrogens with zero attached hydrogens (tertiary/aromatic N) is 3. The summed E-state index contributed by atoms with van der Waals surface area (Å²) in [4.78, 5) is 4.11. The lowest BCUT2D eigenvalue weighted by atomic mass is 10.2. The van der Waals surface area contributed by atoms with E-state index in [2.05, 4.69) is 26.9 Å². The highest BCUT2D eigenvalue weighted by Gasteiger charge is 2.07. The van der Waals surface area contributed by atoms with Crippen molar-refractivity contribution in [3.8, 4) is 6.07 Å². The molecule has 0 heterocycles. The molecule has 0 aromatic heterocycles. The van der Waals surface area contributed by atoms with Gasteiger partial charge in [-0.1, -0.05) is 15.9 Å². The molecule has 80 valence electrons. The number of anilines is 1. The zero-order valence-electron chi connectivity index (χ0n) is 9.16.